The van der Waals surface area contributed by atoms with E-state index in [2.05, 4.69) is 24.5 Å². The quantitative estimate of drug-likeness (QED) is 0.677. The third-order valence-corrected chi connectivity index (χ3v) is 3.39. The lowest BCUT2D eigenvalue weighted by Gasteiger charge is -2.11. The van der Waals surface area contributed by atoms with Gasteiger partial charge in [0.2, 0.25) is 5.95 Å². The van der Waals surface area contributed by atoms with Gasteiger partial charge in [0.25, 0.3) is 0 Å². The van der Waals surface area contributed by atoms with Gasteiger partial charge in [-0.25, -0.2) is 9.97 Å². The third-order valence-electron chi connectivity index (χ3n) is 2.42. The van der Waals surface area contributed by atoms with Crippen molar-refractivity contribution < 1.29 is 25.8 Å². The summed E-state index contributed by atoms with van der Waals surface area (Å²) < 4.78 is 63.0. The van der Waals surface area contributed by atoms with Gasteiger partial charge in [-0.3, -0.25) is 0 Å². The van der Waals surface area contributed by atoms with E-state index < -0.39 is 21.4 Å². The molecule has 0 radical (unpaired) electrons. The first-order chi connectivity index (χ1) is 9.64. The van der Waals surface area contributed by atoms with E-state index in [1.165, 1.54) is 13.1 Å². The Kier molecular flexibility index (Phi) is 3.61. The molecule has 0 saturated heterocycles. The van der Waals surface area contributed by atoms with E-state index in [0.717, 1.165) is 6.07 Å². The Morgan fingerprint density at radius 2 is 1.95 bits per heavy atom. The molecule has 0 aliphatic rings. The number of hydrogen-bond donors (Lipinski definition) is 1. The van der Waals surface area contributed by atoms with Crippen LogP contribution in [0, 0.1) is 6.92 Å². The number of anilines is 1. The number of nitrogens with one attached hydrogen (secondary N) is 1. The molecule has 0 saturated carbocycles. The molecule has 0 bridgehead atoms. The maximum atomic E-state index is 12.3. The van der Waals surface area contributed by atoms with Crippen LogP contribution in [0.15, 0.2) is 12.3 Å². The van der Waals surface area contributed by atoms with Gasteiger partial charge in [-0.2, -0.15) is 26.6 Å². The molecule has 1 N–H and O–H groups in total. The smallest absolute Gasteiger partial charge is 0.374 e. The monoisotopic (exact) mass is 322 g/mol. The second kappa shape index (κ2) is 4.98. The molecule has 0 amide bonds. The highest BCUT2D eigenvalue weighted by molar-refractivity contribution is 7.88. The second-order valence-corrected chi connectivity index (χ2v) is 5.45. The number of hydrogen-bond acceptors (Lipinski definition) is 7. The molecular formula is C10H9F3N4O3S. The van der Waals surface area contributed by atoms with Gasteiger partial charge in [-0.1, -0.05) is 0 Å². The van der Waals surface area contributed by atoms with Crippen molar-refractivity contribution in [2.45, 2.75) is 12.4 Å². The van der Waals surface area contributed by atoms with Crippen LogP contribution in [0.25, 0.3) is 11.0 Å². The van der Waals surface area contributed by atoms with Crippen LogP contribution in [0.4, 0.5) is 19.1 Å². The average molecular weight is 322 g/mol. The Hall–Kier alpha value is -2.17. The molecule has 0 aliphatic heterocycles. The Morgan fingerprint density at radius 3 is 2.52 bits per heavy atom. The fourth-order valence-electron chi connectivity index (χ4n) is 1.40. The highest BCUT2D eigenvalue weighted by atomic mass is 32.2. The molecule has 11 heteroatoms. The molecule has 7 nitrogen and oxygen atoms in total. The lowest BCUT2D eigenvalue weighted by atomic mass is 10.3. The molecule has 2 aromatic rings. The second-order valence-electron chi connectivity index (χ2n) is 3.91. The molecule has 2 aromatic heterocycles. The van der Waals surface area contributed by atoms with Crippen molar-refractivity contribution in [3.63, 3.8) is 0 Å². The van der Waals surface area contributed by atoms with Crippen LogP contribution in [0.5, 0.6) is 5.75 Å². The normalized spacial score (nSPS) is 12.4. The summed E-state index contributed by atoms with van der Waals surface area (Å²) in [5.74, 6) is -0.258. The van der Waals surface area contributed by atoms with Crippen LogP contribution in [0.1, 0.15) is 5.69 Å². The largest absolute Gasteiger partial charge is 0.534 e. The molecule has 0 unspecified atom stereocenters. The molecule has 0 atom stereocenters. The highest BCUT2D eigenvalue weighted by Crippen LogP contribution is 2.29. The topological polar surface area (TPSA) is 94.1 Å². The van der Waals surface area contributed by atoms with Crippen LogP contribution in [-0.2, 0) is 10.1 Å². The van der Waals surface area contributed by atoms with Gasteiger partial charge < -0.3 is 9.50 Å². The summed E-state index contributed by atoms with van der Waals surface area (Å²) in [6, 6.07) is 1.08. The lowest BCUT2D eigenvalue weighted by molar-refractivity contribution is -0.0500. The number of aryl methyl sites for hydroxylation is 1. The van der Waals surface area contributed by atoms with E-state index in [9.17, 15) is 21.6 Å². The maximum absolute atomic E-state index is 12.3. The minimum atomic E-state index is -5.75. The number of halogens is 3. The number of rotatable bonds is 3. The van der Waals surface area contributed by atoms with Crippen molar-refractivity contribution in [1.29, 1.82) is 0 Å². The predicted octanol–water partition coefficient (Wildman–Crippen LogP) is 1.60. The van der Waals surface area contributed by atoms with E-state index in [4.69, 9.17) is 0 Å². The first-order valence-electron chi connectivity index (χ1n) is 5.47. The van der Waals surface area contributed by atoms with Gasteiger partial charge in [0.1, 0.15) is 0 Å². The van der Waals surface area contributed by atoms with Crippen LogP contribution < -0.4 is 9.50 Å². The minimum Gasteiger partial charge on any atom is -0.374 e. The van der Waals surface area contributed by atoms with E-state index >= 15 is 0 Å². The van der Waals surface area contributed by atoms with Gasteiger partial charge >= 0.3 is 15.6 Å². The molecule has 21 heavy (non-hydrogen) atoms. The summed E-state index contributed by atoms with van der Waals surface area (Å²) in [7, 11) is -4.16. The summed E-state index contributed by atoms with van der Waals surface area (Å²) in [5, 5.41) is 2.92. The zero-order valence-electron chi connectivity index (χ0n) is 10.8. The van der Waals surface area contributed by atoms with Gasteiger partial charge in [-0.05, 0) is 13.0 Å². The highest BCUT2D eigenvalue weighted by Gasteiger charge is 2.48. The molecule has 0 fully saturated rings. The van der Waals surface area contributed by atoms with Crippen molar-refractivity contribution >= 4 is 27.1 Å². The van der Waals surface area contributed by atoms with Crippen molar-refractivity contribution in [3.8, 4) is 5.75 Å². The molecule has 0 aromatic carbocycles. The molecular weight excluding hydrogens is 313 g/mol. The predicted molar refractivity (Wildman–Crippen MR) is 67.2 cm³/mol. The first-order valence-corrected chi connectivity index (χ1v) is 6.88. The van der Waals surface area contributed by atoms with Gasteiger partial charge in [0.15, 0.2) is 11.4 Å². The molecule has 114 valence electrons. The van der Waals surface area contributed by atoms with Crippen molar-refractivity contribution in [2.75, 3.05) is 12.4 Å². The van der Waals surface area contributed by atoms with Crippen LogP contribution >= 0.6 is 0 Å². The Balaban J connectivity index is 2.49. The van der Waals surface area contributed by atoms with Gasteiger partial charge in [0, 0.05) is 18.6 Å². The van der Waals surface area contributed by atoms with Crippen molar-refractivity contribution in [1.82, 2.24) is 15.0 Å². The SMILES string of the molecule is CNc1ncc2cc(OS(=O)(=O)C(F)(F)F)c(C)nc2n1. The zero-order valence-corrected chi connectivity index (χ0v) is 11.6. The summed E-state index contributed by atoms with van der Waals surface area (Å²) in [6.07, 6.45) is 1.29. The van der Waals surface area contributed by atoms with Crippen LogP contribution in [0.3, 0.4) is 0 Å². The van der Waals surface area contributed by atoms with E-state index in [-0.39, 0.29) is 22.7 Å². The lowest BCUT2D eigenvalue weighted by Crippen LogP contribution is -2.28. The van der Waals surface area contributed by atoms with Crippen molar-refractivity contribution in [2.24, 2.45) is 0 Å². The summed E-state index contributed by atoms with van der Waals surface area (Å²) in [6.45, 7) is 1.31. The molecule has 2 heterocycles. The zero-order chi connectivity index (χ0) is 15.8. The van der Waals surface area contributed by atoms with E-state index in [0.29, 0.717) is 0 Å². The number of fused-ring (bicyclic) bond motifs is 1. The average Bonchev–Trinajstić information content (AvgIpc) is 2.37. The Morgan fingerprint density at radius 1 is 1.29 bits per heavy atom. The standard InChI is InChI=1S/C10H9F3N4O3S/c1-5-7(20-21(18,19)10(11,12)13)3-6-4-15-9(14-2)17-8(6)16-5/h3-4H,1-2H3,(H,14,15,16,17). The molecule has 0 aliphatic carbocycles. The number of pyridine rings is 1. The van der Waals surface area contributed by atoms with Crippen molar-refractivity contribution in [3.05, 3.63) is 18.0 Å². The third kappa shape index (κ3) is 2.96. The minimum absolute atomic E-state index is 0.0453. The van der Waals surface area contributed by atoms with E-state index in [1.54, 1.807) is 7.05 Å². The number of alkyl halides is 3. The Labute approximate surface area is 117 Å². The maximum Gasteiger partial charge on any atom is 0.534 e. The van der Waals surface area contributed by atoms with Gasteiger partial charge in [-0.15, -0.1) is 0 Å². The summed E-state index contributed by atoms with van der Waals surface area (Å²) in [5.41, 5.74) is -5.36. The van der Waals surface area contributed by atoms with Crippen LogP contribution in [-0.4, -0.2) is 35.9 Å². The fourth-order valence-corrected chi connectivity index (χ4v) is 1.90. The number of nitrogens with zero attached hydrogens (tertiary/aromatic N) is 3. The fraction of sp³-hybridized carbons (Fsp3) is 0.300. The molecule has 0 spiro atoms. The Bertz CT molecular complexity index is 792. The van der Waals surface area contributed by atoms with Gasteiger partial charge in [0.05, 0.1) is 5.69 Å². The number of aromatic nitrogens is 3. The summed E-state index contributed by atoms with van der Waals surface area (Å²) in [4.78, 5) is 11.7. The first kappa shape index (κ1) is 15.2. The molecule has 2 rings (SSSR count). The van der Waals surface area contributed by atoms with Crippen LogP contribution in [0.2, 0.25) is 0 Å². The summed E-state index contributed by atoms with van der Waals surface area (Å²) >= 11 is 0. The van der Waals surface area contributed by atoms with E-state index in [1.807, 2.05) is 0 Å².